The van der Waals surface area contributed by atoms with E-state index in [4.69, 9.17) is 4.74 Å². The minimum atomic E-state index is 0.438. The van der Waals surface area contributed by atoms with Crippen LogP contribution in [-0.2, 0) is 4.74 Å². The molecule has 2 saturated heterocycles. The van der Waals surface area contributed by atoms with E-state index in [0.29, 0.717) is 18.2 Å². The second kappa shape index (κ2) is 6.14. The van der Waals surface area contributed by atoms with Gasteiger partial charge in [-0.3, -0.25) is 4.90 Å². The van der Waals surface area contributed by atoms with Crippen LogP contribution in [0.1, 0.15) is 19.8 Å². The second-order valence-electron chi connectivity index (χ2n) is 5.62. The van der Waals surface area contributed by atoms with E-state index in [1.807, 2.05) is 7.05 Å². The third kappa shape index (κ3) is 3.65. The fourth-order valence-corrected chi connectivity index (χ4v) is 3.00. The van der Waals surface area contributed by atoms with Gasteiger partial charge in [-0.15, -0.1) is 0 Å². The molecule has 2 aliphatic heterocycles. The summed E-state index contributed by atoms with van der Waals surface area (Å²) < 4.78 is 6.06. The maximum absolute atomic E-state index is 6.06. The lowest BCUT2D eigenvalue weighted by Gasteiger charge is -2.39. The summed E-state index contributed by atoms with van der Waals surface area (Å²) in [4.78, 5) is 5.01. The fourth-order valence-electron chi connectivity index (χ4n) is 3.00. The van der Waals surface area contributed by atoms with Crippen LogP contribution in [-0.4, -0.2) is 74.9 Å². The summed E-state index contributed by atoms with van der Waals surface area (Å²) in [7, 11) is 4.21. The molecule has 0 amide bonds. The van der Waals surface area contributed by atoms with E-state index in [9.17, 15) is 0 Å². The first kappa shape index (κ1) is 13.3. The average Bonchev–Trinajstić information content (AvgIpc) is 2.71. The first-order chi connectivity index (χ1) is 8.19. The molecule has 0 spiro atoms. The molecule has 4 nitrogen and oxygen atoms in total. The SMILES string of the molecule is CNCC1CCC(CN2CCN(C)CC2C)O1. The average molecular weight is 241 g/mol. The molecule has 2 fully saturated rings. The van der Waals surface area contributed by atoms with Crippen LogP contribution in [0.4, 0.5) is 0 Å². The summed E-state index contributed by atoms with van der Waals surface area (Å²) >= 11 is 0. The molecule has 2 aliphatic rings. The van der Waals surface area contributed by atoms with Crippen molar-refractivity contribution in [3.63, 3.8) is 0 Å². The van der Waals surface area contributed by atoms with Gasteiger partial charge < -0.3 is 15.0 Å². The standard InChI is InChI=1S/C13H27N3O/c1-11-9-15(3)6-7-16(11)10-13-5-4-12(17-13)8-14-2/h11-14H,4-10H2,1-3H3. The Kier molecular flexibility index (Phi) is 4.79. The van der Waals surface area contributed by atoms with Crippen LogP contribution in [0.15, 0.2) is 0 Å². The number of rotatable bonds is 4. The summed E-state index contributed by atoms with van der Waals surface area (Å²) in [5.41, 5.74) is 0. The quantitative estimate of drug-likeness (QED) is 0.770. The molecule has 0 bridgehead atoms. The number of nitrogens with zero attached hydrogens (tertiary/aromatic N) is 2. The maximum atomic E-state index is 6.06. The molecule has 0 radical (unpaired) electrons. The Bertz CT molecular complexity index is 237. The van der Waals surface area contributed by atoms with Crippen molar-refractivity contribution in [2.45, 2.75) is 38.0 Å². The number of ether oxygens (including phenoxy) is 1. The van der Waals surface area contributed by atoms with Gasteiger partial charge in [-0.1, -0.05) is 0 Å². The monoisotopic (exact) mass is 241 g/mol. The molecule has 1 N–H and O–H groups in total. The van der Waals surface area contributed by atoms with Crippen molar-refractivity contribution in [3.05, 3.63) is 0 Å². The van der Waals surface area contributed by atoms with E-state index in [2.05, 4.69) is 29.1 Å². The molecule has 0 aliphatic carbocycles. The Balaban J connectivity index is 1.74. The van der Waals surface area contributed by atoms with Crippen molar-refractivity contribution in [3.8, 4) is 0 Å². The van der Waals surface area contributed by atoms with E-state index >= 15 is 0 Å². The molecule has 3 unspecified atom stereocenters. The molecule has 2 rings (SSSR count). The topological polar surface area (TPSA) is 27.7 Å². The summed E-state index contributed by atoms with van der Waals surface area (Å²) in [5, 5.41) is 3.20. The number of nitrogens with one attached hydrogen (secondary N) is 1. The van der Waals surface area contributed by atoms with Gasteiger partial charge in [-0.2, -0.15) is 0 Å². The zero-order valence-electron chi connectivity index (χ0n) is 11.5. The lowest BCUT2D eigenvalue weighted by molar-refractivity contribution is 0.00156. The molecule has 0 aromatic rings. The van der Waals surface area contributed by atoms with E-state index in [1.165, 1.54) is 32.5 Å². The van der Waals surface area contributed by atoms with E-state index in [1.54, 1.807) is 0 Å². The summed E-state index contributed by atoms with van der Waals surface area (Å²) in [6.45, 7) is 8.01. The summed E-state index contributed by atoms with van der Waals surface area (Å²) in [6.07, 6.45) is 3.34. The van der Waals surface area contributed by atoms with Gasteiger partial charge in [0, 0.05) is 38.8 Å². The van der Waals surface area contributed by atoms with Gasteiger partial charge in [-0.05, 0) is 33.9 Å². The largest absolute Gasteiger partial charge is 0.372 e. The Morgan fingerprint density at radius 2 is 2.00 bits per heavy atom. The van der Waals surface area contributed by atoms with Crippen LogP contribution in [0.3, 0.4) is 0 Å². The summed E-state index contributed by atoms with van der Waals surface area (Å²) in [6, 6.07) is 0.667. The lowest BCUT2D eigenvalue weighted by Crippen LogP contribution is -2.52. The normalized spacial score (nSPS) is 36.5. The molecular weight excluding hydrogens is 214 g/mol. The summed E-state index contributed by atoms with van der Waals surface area (Å²) in [5.74, 6) is 0. The van der Waals surface area contributed by atoms with E-state index in [-0.39, 0.29) is 0 Å². The third-order valence-electron chi connectivity index (χ3n) is 4.03. The predicted molar refractivity (Wildman–Crippen MR) is 70.4 cm³/mol. The Morgan fingerprint density at radius 1 is 1.24 bits per heavy atom. The Labute approximate surface area is 105 Å². The van der Waals surface area contributed by atoms with Gasteiger partial charge in [0.25, 0.3) is 0 Å². The highest BCUT2D eigenvalue weighted by molar-refractivity contribution is 4.83. The Morgan fingerprint density at radius 3 is 2.71 bits per heavy atom. The van der Waals surface area contributed by atoms with Crippen LogP contribution in [0.5, 0.6) is 0 Å². The van der Waals surface area contributed by atoms with Gasteiger partial charge in [0.2, 0.25) is 0 Å². The molecule has 3 atom stereocenters. The zero-order valence-corrected chi connectivity index (χ0v) is 11.5. The third-order valence-corrected chi connectivity index (χ3v) is 4.03. The molecule has 0 aromatic carbocycles. The number of hydrogen-bond donors (Lipinski definition) is 1. The lowest BCUT2D eigenvalue weighted by atomic mass is 10.1. The molecule has 0 aromatic heterocycles. The molecule has 100 valence electrons. The molecule has 2 heterocycles. The number of piperazine rings is 1. The van der Waals surface area contributed by atoms with Gasteiger partial charge in [-0.25, -0.2) is 0 Å². The van der Waals surface area contributed by atoms with Gasteiger partial charge in [0.1, 0.15) is 0 Å². The predicted octanol–water partition coefficient (Wildman–Crippen LogP) is 0.389. The van der Waals surface area contributed by atoms with Crippen molar-refractivity contribution >= 4 is 0 Å². The van der Waals surface area contributed by atoms with Crippen molar-refractivity contribution in [1.29, 1.82) is 0 Å². The van der Waals surface area contributed by atoms with Crippen LogP contribution >= 0.6 is 0 Å². The maximum Gasteiger partial charge on any atom is 0.0707 e. The van der Waals surface area contributed by atoms with Crippen LogP contribution in [0.2, 0.25) is 0 Å². The number of hydrogen-bond acceptors (Lipinski definition) is 4. The van der Waals surface area contributed by atoms with Crippen LogP contribution in [0, 0.1) is 0 Å². The molecule has 0 saturated carbocycles. The highest BCUT2D eigenvalue weighted by Crippen LogP contribution is 2.21. The van der Waals surface area contributed by atoms with Gasteiger partial charge in [0.05, 0.1) is 12.2 Å². The molecule has 17 heavy (non-hydrogen) atoms. The first-order valence-electron chi connectivity index (χ1n) is 6.91. The highest BCUT2D eigenvalue weighted by atomic mass is 16.5. The van der Waals surface area contributed by atoms with Gasteiger partial charge >= 0.3 is 0 Å². The van der Waals surface area contributed by atoms with Crippen molar-refractivity contribution in [2.75, 3.05) is 46.8 Å². The molecular formula is C13H27N3O. The van der Waals surface area contributed by atoms with Crippen molar-refractivity contribution in [1.82, 2.24) is 15.1 Å². The van der Waals surface area contributed by atoms with E-state index in [0.717, 1.165) is 13.1 Å². The van der Waals surface area contributed by atoms with Crippen LogP contribution < -0.4 is 5.32 Å². The Hall–Kier alpha value is -0.160. The first-order valence-corrected chi connectivity index (χ1v) is 6.91. The second-order valence-corrected chi connectivity index (χ2v) is 5.62. The molecule has 4 heteroatoms. The smallest absolute Gasteiger partial charge is 0.0707 e. The van der Waals surface area contributed by atoms with E-state index < -0.39 is 0 Å². The fraction of sp³-hybridized carbons (Fsp3) is 1.00. The van der Waals surface area contributed by atoms with Crippen molar-refractivity contribution in [2.24, 2.45) is 0 Å². The number of likely N-dealkylation sites (N-methyl/N-ethyl adjacent to an activating group) is 2. The van der Waals surface area contributed by atoms with Crippen LogP contribution in [0.25, 0.3) is 0 Å². The van der Waals surface area contributed by atoms with Gasteiger partial charge in [0.15, 0.2) is 0 Å². The highest BCUT2D eigenvalue weighted by Gasteiger charge is 2.29. The minimum Gasteiger partial charge on any atom is -0.372 e. The van der Waals surface area contributed by atoms with Crippen molar-refractivity contribution < 1.29 is 4.74 Å². The zero-order chi connectivity index (χ0) is 12.3. The minimum absolute atomic E-state index is 0.438.